The Morgan fingerprint density at radius 3 is 2.27 bits per heavy atom. The van der Waals surface area contributed by atoms with Crippen LogP contribution in [0.3, 0.4) is 0 Å². The number of nitrogens with one attached hydrogen (secondary N) is 1. The van der Waals surface area contributed by atoms with E-state index in [1.165, 1.54) is 5.56 Å². The number of aliphatic hydroxyl groups is 1. The Labute approximate surface area is 241 Å². The average Bonchev–Trinajstić information content (AvgIpc) is 2.99. The van der Waals surface area contributed by atoms with Gasteiger partial charge >= 0.3 is 5.97 Å². The predicted molar refractivity (Wildman–Crippen MR) is 156 cm³/mol. The molecular weight excluding hydrogens is 518 g/mol. The second-order valence-corrected chi connectivity index (χ2v) is 11.2. The second-order valence-electron chi connectivity index (χ2n) is 11.2. The van der Waals surface area contributed by atoms with Gasteiger partial charge in [0.1, 0.15) is 5.75 Å². The third-order valence-electron chi connectivity index (χ3n) is 8.05. The SMILES string of the molecule is NC1CC(NC(=O)COc2cccc(C(O)(C(=O)OCC3CCN(Cc4ccccc4)CC3)c3ccccc3)c2)C1. The number of carbonyl (C=O) groups is 2. The molecule has 0 spiro atoms. The van der Waals surface area contributed by atoms with Crippen molar-refractivity contribution in [2.45, 2.75) is 49.9 Å². The van der Waals surface area contributed by atoms with Gasteiger partial charge in [0, 0.05) is 24.2 Å². The molecule has 1 aliphatic heterocycles. The van der Waals surface area contributed by atoms with E-state index >= 15 is 0 Å². The molecule has 1 saturated carbocycles. The maximum atomic E-state index is 13.6. The van der Waals surface area contributed by atoms with E-state index in [4.69, 9.17) is 15.2 Å². The van der Waals surface area contributed by atoms with E-state index in [0.29, 0.717) is 16.9 Å². The number of ether oxygens (including phenoxy) is 2. The first-order valence-electron chi connectivity index (χ1n) is 14.4. The lowest BCUT2D eigenvalue weighted by molar-refractivity contribution is -0.164. The summed E-state index contributed by atoms with van der Waals surface area (Å²) in [6.45, 7) is 2.85. The summed E-state index contributed by atoms with van der Waals surface area (Å²) < 4.78 is 11.5. The fourth-order valence-electron chi connectivity index (χ4n) is 5.54. The van der Waals surface area contributed by atoms with Gasteiger partial charge in [-0.3, -0.25) is 9.69 Å². The molecule has 5 rings (SSSR count). The molecule has 8 nitrogen and oxygen atoms in total. The monoisotopic (exact) mass is 557 g/mol. The van der Waals surface area contributed by atoms with Crippen molar-refractivity contribution in [1.82, 2.24) is 10.2 Å². The molecule has 2 fully saturated rings. The van der Waals surface area contributed by atoms with Crippen LogP contribution in [0.15, 0.2) is 84.9 Å². The fourth-order valence-corrected chi connectivity index (χ4v) is 5.54. The molecule has 1 unspecified atom stereocenters. The van der Waals surface area contributed by atoms with Gasteiger partial charge in [0.15, 0.2) is 6.61 Å². The summed E-state index contributed by atoms with van der Waals surface area (Å²) in [6, 6.07) is 26.0. The van der Waals surface area contributed by atoms with E-state index in [0.717, 1.165) is 45.3 Å². The molecule has 1 heterocycles. The van der Waals surface area contributed by atoms with Crippen LogP contribution >= 0.6 is 0 Å². The maximum absolute atomic E-state index is 13.6. The van der Waals surface area contributed by atoms with Gasteiger partial charge in [-0.15, -0.1) is 0 Å². The summed E-state index contributed by atoms with van der Waals surface area (Å²) in [6.07, 6.45) is 3.37. The van der Waals surface area contributed by atoms with Crippen LogP contribution in [0.4, 0.5) is 0 Å². The van der Waals surface area contributed by atoms with Gasteiger partial charge in [-0.2, -0.15) is 0 Å². The van der Waals surface area contributed by atoms with Gasteiger partial charge in [0.2, 0.25) is 5.60 Å². The van der Waals surface area contributed by atoms with Gasteiger partial charge in [0.25, 0.3) is 5.91 Å². The van der Waals surface area contributed by atoms with Crippen LogP contribution in [-0.2, 0) is 26.5 Å². The van der Waals surface area contributed by atoms with Crippen molar-refractivity contribution < 1.29 is 24.2 Å². The van der Waals surface area contributed by atoms with Crippen molar-refractivity contribution >= 4 is 11.9 Å². The van der Waals surface area contributed by atoms with Crippen molar-refractivity contribution in [2.24, 2.45) is 11.7 Å². The quantitative estimate of drug-likeness (QED) is 0.310. The lowest BCUT2D eigenvalue weighted by atomic mass is 9.86. The zero-order chi connectivity index (χ0) is 28.7. The molecule has 0 radical (unpaired) electrons. The number of esters is 1. The van der Waals surface area contributed by atoms with Gasteiger partial charge in [-0.1, -0.05) is 72.8 Å². The molecule has 3 aromatic rings. The van der Waals surface area contributed by atoms with Gasteiger partial charge < -0.3 is 25.6 Å². The highest BCUT2D eigenvalue weighted by molar-refractivity contribution is 5.85. The number of piperidine rings is 1. The van der Waals surface area contributed by atoms with Crippen molar-refractivity contribution in [3.8, 4) is 5.75 Å². The number of amides is 1. The van der Waals surface area contributed by atoms with Crippen molar-refractivity contribution in [3.05, 3.63) is 102 Å². The summed E-state index contributed by atoms with van der Waals surface area (Å²) in [7, 11) is 0. The molecule has 2 aliphatic rings. The topological polar surface area (TPSA) is 114 Å². The number of benzene rings is 3. The zero-order valence-electron chi connectivity index (χ0n) is 23.3. The molecule has 0 aromatic heterocycles. The van der Waals surface area contributed by atoms with Crippen LogP contribution in [-0.4, -0.2) is 60.3 Å². The highest BCUT2D eigenvalue weighted by Gasteiger charge is 2.42. The molecule has 1 aliphatic carbocycles. The van der Waals surface area contributed by atoms with Crippen LogP contribution in [0, 0.1) is 5.92 Å². The zero-order valence-corrected chi connectivity index (χ0v) is 23.3. The van der Waals surface area contributed by atoms with E-state index < -0.39 is 11.6 Å². The molecule has 0 bridgehead atoms. The summed E-state index contributed by atoms with van der Waals surface area (Å²) in [4.78, 5) is 28.3. The van der Waals surface area contributed by atoms with Crippen LogP contribution in [0.1, 0.15) is 42.4 Å². The average molecular weight is 558 g/mol. The molecule has 3 aromatic carbocycles. The molecule has 1 saturated heterocycles. The number of carbonyl (C=O) groups excluding carboxylic acids is 2. The van der Waals surface area contributed by atoms with E-state index in [2.05, 4.69) is 34.5 Å². The van der Waals surface area contributed by atoms with Crippen LogP contribution in [0.25, 0.3) is 0 Å². The first-order chi connectivity index (χ1) is 19.9. The normalized spacial score (nSPS) is 20.8. The lowest BCUT2D eigenvalue weighted by Gasteiger charge is -2.33. The maximum Gasteiger partial charge on any atom is 0.347 e. The number of rotatable bonds is 11. The van der Waals surface area contributed by atoms with Crippen molar-refractivity contribution in [1.29, 1.82) is 0 Å². The fraction of sp³-hybridized carbons (Fsp3) is 0.394. The molecule has 1 atom stereocenters. The molecule has 8 heteroatoms. The van der Waals surface area contributed by atoms with Gasteiger partial charge in [-0.25, -0.2) is 4.79 Å². The molecular formula is C33H39N3O5. The van der Waals surface area contributed by atoms with Crippen molar-refractivity contribution in [3.63, 3.8) is 0 Å². The third-order valence-corrected chi connectivity index (χ3v) is 8.05. The number of nitrogens with zero attached hydrogens (tertiary/aromatic N) is 1. The summed E-state index contributed by atoms with van der Waals surface area (Å²) in [5, 5.41) is 14.8. The van der Waals surface area contributed by atoms with Gasteiger partial charge in [0.05, 0.1) is 6.61 Å². The van der Waals surface area contributed by atoms with Crippen LogP contribution in [0.5, 0.6) is 5.75 Å². The van der Waals surface area contributed by atoms with E-state index in [9.17, 15) is 14.7 Å². The number of hydrogen-bond donors (Lipinski definition) is 3. The Hall–Kier alpha value is -3.72. The summed E-state index contributed by atoms with van der Waals surface area (Å²) in [5.41, 5.74) is 5.77. The Kier molecular flexibility index (Phi) is 9.34. The molecule has 216 valence electrons. The largest absolute Gasteiger partial charge is 0.484 e. The summed E-state index contributed by atoms with van der Waals surface area (Å²) >= 11 is 0. The number of nitrogens with two attached hydrogens (primary N) is 1. The molecule has 41 heavy (non-hydrogen) atoms. The van der Waals surface area contributed by atoms with Crippen LogP contribution in [0.2, 0.25) is 0 Å². The molecule has 4 N–H and O–H groups in total. The number of hydrogen-bond acceptors (Lipinski definition) is 7. The lowest BCUT2D eigenvalue weighted by Crippen LogP contribution is -2.51. The first-order valence-corrected chi connectivity index (χ1v) is 14.4. The third kappa shape index (κ3) is 7.33. The first kappa shape index (κ1) is 28.8. The smallest absolute Gasteiger partial charge is 0.347 e. The minimum atomic E-state index is -2.03. The van der Waals surface area contributed by atoms with E-state index in [1.807, 2.05) is 12.1 Å². The Morgan fingerprint density at radius 1 is 0.927 bits per heavy atom. The molecule has 1 amide bonds. The van der Waals surface area contributed by atoms with E-state index in [-0.39, 0.29) is 37.1 Å². The standard InChI is InChI=1S/C33H39N3O5/c34-28-19-29(20-28)35-31(37)23-40-30-13-7-12-27(18-30)33(39,26-10-5-2-6-11-26)32(38)41-22-25-14-16-36(17-15-25)21-24-8-3-1-4-9-24/h1-13,18,25,28-29,39H,14-17,19-23,34H2,(H,35,37). The van der Waals surface area contributed by atoms with Crippen LogP contribution < -0.4 is 15.8 Å². The Morgan fingerprint density at radius 2 is 1.59 bits per heavy atom. The van der Waals surface area contributed by atoms with Gasteiger partial charge in [-0.05, 0) is 68.0 Å². The highest BCUT2D eigenvalue weighted by Crippen LogP contribution is 2.34. The Bertz CT molecular complexity index is 1290. The second kappa shape index (κ2) is 13.3. The predicted octanol–water partition coefficient (Wildman–Crippen LogP) is 3.36. The van der Waals surface area contributed by atoms with E-state index in [1.54, 1.807) is 48.5 Å². The minimum absolute atomic E-state index is 0.0847. The number of likely N-dealkylation sites (tertiary alicyclic amines) is 1. The Balaban J connectivity index is 1.20. The van der Waals surface area contributed by atoms with Crippen molar-refractivity contribution in [2.75, 3.05) is 26.3 Å². The minimum Gasteiger partial charge on any atom is -0.484 e. The highest BCUT2D eigenvalue weighted by atomic mass is 16.5. The summed E-state index contributed by atoms with van der Waals surface area (Å²) in [5.74, 6) is -0.369.